The minimum absolute atomic E-state index is 0.0620. The van der Waals surface area contributed by atoms with Gasteiger partial charge in [-0.3, -0.25) is 24.3 Å². The third kappa shape index (κ3) is 14.3. The summed E-state index contributed by atoms with van der Waals surface area (Å²) in [6.07, 6.45) is 9.40. The maximum atomic E-state index is 13.4. The number of esters is 1. The second-order valence-electron chi connectivity index (χ2n) is 12.1. The summed E-state index contributed by atoms with van der Waals surface area (Å²) in [5.74, 6) is -0.799. The molecule has 2 aromatic rings. The Kier molecular flexibility index (Phi) is 16.5. The van der Waals surface area contributed by atoms with E-state index in [2.05, 4.69) is 17.6 Å². The molecule has 2 bridgehead atoms. The molecule has 1 aromatic carbocycles. The highest BCUT2D eigenvalue weighted by molar-refractivity contribution is 8.13. The highest BCUT2D eigenvalue weighted by Gasteiger charge is 2.29. The normalized spacial score (nSPS) is 18.7. The van der Waals surface area contributed by atoms with E-state index in [1.165, 1.54) is 31.0 Å². The van der Waals surface area contributed by atoms with Crippen molar-refractivity contribution < 1.29 is 23.9 Å². The van der Waals surface area contributed by atoms with Gasteiger partial charge in [0.2, 0.25) is 11.8 Å². The molecule has 2 N–H and O–H groups in total. The molecule has 1 aliphatic heterocycles. The lowest BCUT2D eigenvalue weighted by atomic mass is 10.0. The number of amides is 2. The van der Waals surface area contributed by atoms with Crippen molar-refractivity contribution in [2.75, 3.05) is 12.3 Å². The molecule has 0 unspecified atom stereocenters. The highest BCUT2D eigenvalue weighted by Crippen LogP contribution is 2.15. The molecule has 0 spiro atoms. The number of hydrogen-bond acceptors (Lipinski definition) is 8. The number of thioether (sulfide) groups is 1. The smallest absolute Gasteiger partial charge is 0.329 e. The largest absolute Gasteiger partial charge is 0.456 e. The van der Waals surface area contributed by atoms with Gasteiger partial charge in [0.25, 0.3) is 0 Å². The van der Waals surface area contributed by atoms with Crippen LogP contribution in [0.3, 0.4) is 0 Å². The van der Waals surface area contributed by atoms with E-state index >= 15 is 0 Å². The summed E-state index contributed by atoms with van der Waals surface area (Å²) in [4.78, 5) is 58.6. The first-order valence-electron chi connectivity index (χ1n) is 16.5. The lowest BCUT2D eigenvalue weighted by Crippen LogP contribution is -2.49. The van der Waals surface area contributed by atoms with Crippen LogP contribution < -0.4 is 10.6 Å². The first-order chi connectivity index (χ1) is 22.2. The van der Waals surface area contributed by atoms with Crippen LogP contribution in [0.1, 0.15) is 89.1 Å². The molecule has 2 heterocycles. The SMILES string of the molecule is CCCCCCCC(=O)SCC/C=C/[C@@H]1CC(=O)NCc2cccc(n2)CN(Cc2ccccc2)CC(=O)N[C@@H](C(C)C)C(=O)O1. The second-order valence-corrected chi connectivity index (χ2v) is 13.3. The molecule has 2 atom stereocenters. The maximum absolute atomic E-state index is 13.4. The zero-order valence-corrected chi connectivity index (χ0v) is 28.4. The highest BCUT2D eigenvalue weighted by atomic mass is 32.2. The fraction of sp³-hybridized carbons (Fsp3) is 0.528. The molecule has 9 nitrogen and oxygen atoms in total. The quantitative estimate of drug-likeness (QED) is 0.161. The minimum atomic E-state index is -0.884. The number of rotatable bonds is 13. The number of fused-ring (bicyclic) bond motifs is 2. The third-order valence-corrected chi connectivity index (χ3v) is 8.57. The van der Waals surface area contributed by atoms with Crippen molar-refractivity contribution >= 4 is 34.7 Å². The molecule has 10 heteroatoms. The number of nitrogens with zero attached hydrogens (tertiary/aromatic N) is 2. The summed E-state index contributed by atoms with van der Waals surface area (Å²) in [5, 5.41) is 5.97. The van der Waals surface area contributed by atoms with Gasteiger partial charge in [-0.1, -0.05) is 101 Å². The number of ether oxygens (including phenoxy) is 1. The van der Waals surface area contributed by atoms with Gasteiger partial charge in [-0.15, -0.1) is 0 Å². The second kappa shape index (κ2) is 20.6. The fourth-order valence-corrected chi connectivity index (χ4v) is 5.89. The summed E-state index contributed by atoms with van der Waals surface area (Å²) in [7, 11) is 0. The Balaban J connectivity index is 1.70. The van der Waals surface area contributed by atoms with Crippen LogP contribution >= 0.6 is 11.8 Å². The summed E-state index contributed by atoms with van der Waals surface area (Å²) < 4.78 is 5.82. The first kappa shape index (κ1) is 37.0. The molecule has 0 fully saturated rings. The van der Waals surface area contributed by atoms with E-state index in [-0.39, 0.29) is 42.4 Å². The predicted octanol–water partition coefficient (Wildman–Crippen LogP) is 5.72. The summed E-state index contributed by atoms with van der Waals surface area (Å²) in [6.45, 7) is 7.08. The molecule has 0 aliphatic carbocycles. The van der Waals surface area contributed by atoms with E-state index in [0.29, 0.717) is 37.4 Å². The van der Waals surface area contributed by atoms with Gasteiger partial charge in [-0.25, -0.2) is 4.79 Å². The molecule has 1 aliphatic rings. The van der Waals surface area contributed by atoms with Crippen molar-refractivity contribution in [3.05, 3.63) is 77.6 Å². The lowest BCUT2D eigenvalue weighted by molar-refractivity contribution is -0.153. The number of hydrogen-bond donors (Lipinski definition) is 2. The van der Waals surface area contributed by atoms with Crippen molar-refractivity contribution in [1.82, 2.24) is 20.5 Å². The van der Waals surface area contributed by atoms with Crippen molar-refractivity contribution in [2.24, 2.45) is 5.92 Å². The Bertz CT molecular complexity index is 1290. The van der Waals surface area contributed by atoms with E-state index in [9.17, 15) is 19.2 Å². The number of benzene rings is 1. The van der Waals surface area contributed by atoms with Gasteiger partial charge in [0.05, 0.1) is 30.9 Å². The average molecular weight is 651 g/mol. The van der Waals surface area contributed by atoms with E-state index in [4.69, 9.17) is 9.72 Å². The molecular formula is C36H50N4O5S. The molecule has 0 saturated heterocycles. The van der Waals surface area contributed by atoms with Crippen molar-refractivity contribution in [2.45, 2.75) is 104 Å². The summed E-state index contributed by atoms with van der Waals surface area (Å²) in [5.41, 5.74) is 2.52. The molecule has 3 rings (SSSR count). The Morgan fingerprint density at radius 3 is 2.52 bits per heavy atom. The molecule has 1 aromatic heterocycles. The number of cyclic esters (lactones) is 1. The topological polar surface area (TPSA) is 118 Å². The average Bonchev–Trinajstić information content (AvgIpc) is 3.02. The molecule has 0 radical (unpaired) electrons. The Morgan fingerprint density at radius 1 is 1.00 bits per heavy atom. The molecule has 0 saturated carbocycles. The number of carbonyl (C=O) groups is 4. The molecule has 250 valence electrons. The van der Waals surface area contributed by atoms with Crippen molar-refractivity contribution in [3.63, 3.8) is 0 Å². The van der Waals surface area contributed by atoms with Gasteiger partial charge >= 0.3 is 5.97 Å². The van der Waals surface area contributed by atoms with Gasteiger partial charge < -0.3 is 15.4 Å². The number of nitrogens with one attached hydrogen (secondary N) is 2. The summed E-state index contributed by atoms with van der Waals surface area (Å²) in [6, 6.07) is 14.6. The van der Waals surface area contributed by atoms with Gasteiger partial charge in [0.1, 0.15) is 12.1 Å². The Hall–Kier alpha value is -3.50. The number of aromatic nitrogens is 1. The van der Waals surface area contributed by atoms with Gasteiger partial charge in [0.15, 0.2) is 5.12 Å². The van der Waals surface area contributed by atoms with Crippen LogP contribution in [0, 0.1) is 5.92 Å². The monoisotopic (exact) mass is 650 g/mol. The minimum Gasteiger partial charge on any atom is -0.456 e. The van der Waals surface area contributed by atoms with E-state index in [0.717, 1.165) is 24.1 Å². The van der Waals surface area contributed by atoms with Crippen molar-refractivity contribution in [3.8, 4) is 0 Å². The van der Waals surface area contributed by atoms with Crippen LogP contribution in [0.25, 0.3) is 0 Å². The zero-order valence-electron chi connectivity index (χ0n) is 27.5. The Labute approximate surface area is 278 Å². The zero-order chi connectivity index (χ0) is 33.1. The van der Waals surface area contributed by atoms with E-state index < -0.39 is 18.1 Å². The number of carbonyl (C=O) groups excluding carboxylic acids is 4. The molecule has 46 heavy (non-hydrogen) atoms. The Morgan fingerprint density at radius 2 is 1.76 bits per heavy atom. The van der Waals surface area contributed by atoms with Crippen LogP contribution in [0.15, 0.2) is 60.7 Å². The summed E-state index contributed by atoms with van der Waals surface area (Å²) >= 11 is 1.32. The fourth-order valence-electron chi connectivity index (χ4n) is 5.12. The molecule has 2 amide bonds. The van der Waals surface area contributed by atoms with Crippen LogP contribution in [-0.4, -0.2) is 57.2 Å². The standard InChI is InChI=1S/C36H50N4O5S/c1-4-5-6-7-11-20-34(43)46-21-13-12-19-31-22-32(41)37-23-29-17-14-18-30(38-29)25-40(24-28-15-9-8-10-16-28)26-33(42)39-35(27(2)3)36(44)45-31/h8-10,12,14-19,27,31,35H,4-7,11,13,20-26H2,1-3H3,(H,37,41)(H,39,42)/b19-12+/t31-,35+/m1/s1. The predicted molar refractivity (Wildman–Crippen MR) is 183 cm³/mol. The lowest BCUT2D eigenvalue weighted by Gasteiger charge is -2.26. The maximum Gasteiger partial charge on any atom is 0.329 e. The molecular weight excluding hydrogens is 600 g/mol. The van der Waals surface area contributed by atoms with Gasteiger partial charge in [-0.2, -0.15) is 0 Å². The van der Waals surface area contributed by atoms with Crippen molar-refractivity contribution in [1.29, 1.82) is 0 Å². The van der Waals surface area contributed by atoms with Crippen LogP contribution in [0.2, 0.25) is 0 Å². The number of pyridine rings is 1. The first-order valence-corrected chi connectivity index (χ1v) is 17.5. The van der Waals surface area contributed by atoms with Crippen LogP contribution in [-0.2, 0) is 43.5 Å². The van der Waals surface area contributed by atoms with Gasteiger partial charge in [-0.05, 0) is 42.5 Å². The van der Waals surface area contributed by atoms with E-state index in [1.807, 2.05) is 73.4 Å². The van der Waals surface area contributed by atoms with Gasteiger partial charge in [0, 0.05) is 25.3 Å². The van der Waals surface area contributed by atoms with Crippen LogP contribution in [0.5, 0.6) is 0 Å². The number of allylic oxidation sites excluding steroid dienone is 1. The van der Waals surface area contributed by atoms with E-state index in [1.54, 1.807) is 6.08 Å². The van der Waals surface area contributed by atoms with Crippen LogP contribution in [0.4, 0.5) is 0 Å². The third-order valence-electron chi connectivity index (χ3n) is 7.61. The number of unbranched alkanes of at least 4 members (excludes halogenated alkanes) is 4.